The number of rotatable bonds is 3. The fraction of sp³-hybridized carbons (Fsp3) is 0.500. The van der Waals surface area contributed by atoms with E-state index in [0.717, 1.165) is 43.0 Å². The van der Waals surface area contributed by atoms with Crippen LogP contribution in [0.1, 0.15) is 36.1 Å². The van der Waals surface area contributed by atoms with Crippen LogP contribution in [0.4, 0.5) is 0 Å². The maximum atomic E-state index is 12.6. The molecule has 0 atom stereocenters. The molecule has 0 radical (unpaired) electrons. The van der Waals surface area contributed by atoms with Gasteiger partial charge in [0.15, 0.2) is 11.5 Å². The molecule has 1 amide bonds. The van der Waals surface area contributed by atoms with Gasteiger partial charge in [-0.3, -0.25) is 4.79 Å². The Morgan fingerprint density at radius 1 is 1.16 bits per heavy atom. The molecule has 1 saturated heterocycles. The van der Waals surface area contributed by atoms with Crippen molar-refractivity contribution >= 4 is 5.91 Å². The number of hydrogen-bond acceptors (Lipinski definition) is 6. The normalized spacial score (nSPS) is 17.6. The molecule has 0 N–H and O–H groups in total. The number of fused-ring (bicyclic) bond motifs is 1. The zero-order valence-corrected chi connectivity index (χ0v) is 14.2. The molecule has 2 aliphatic rings. The first kappa shape index (κ1) is 15.9. The van der Waals surface area contributed by atoms with Crippen molar-refractivity contribution in [2.45, 2.75) is 32.1 Å². The number of ether oxygens (including phenoxy) is 2. The minimum absolute atomic E-state index is 0.136. The third kappa shape index (κ3) is 3.45. The Labute approximate surface area is 145 Å². The molecule has 1 aromatic heterocycles. The number of hydrogen-bond donors (Lipinski definition) is 0. The van der Waals surface area contributed by atoms with Gasteiger partial charge >= 0.3 is 0 Å². The van der Waals surface area contributed by atoms with Gasteiger partial charge < -0.3 is 18.8 Å². The van der Waals surface area contributed by atoms with E-state index < -0.39 is 0 Å². The highest BCUT2D eigenvalue weighted by molar-refractivity contribution is 5.79. The van der Waals surface area contributed by atoms with Crippen LogP contribution >= 0.6 is 0 Å². The highest BCUT2D eigenvalue weighted by Crippen LogP contribution is 2.31. The zero-order chi connectivity index (χ0) is 17.2. The summed E-state index contributed by atoms with van der Waals surface area (Å²) in [4.78, 5) is 14.5. The molecular weight excluding hydrogens is 322 g/mol. The number of likely N-dealkylation sites (tertiary alicyclic amines) is 1. The lowest BCUT2D eigenvalue weighted by Crippen LogP contribution is -2.38. The summed E-state index contributed by atoms with van der Waals surface area (Å²) in [5.74, 6) is 3.14. The quantitative estimate of drug-likeness (QED) is 0.849. The van der Waals surface area contributed by atoms with E-state index >= 15 is 0 Å². The standard InChI is InChI=1S/C18H21N3O4/c1-12-19-20-18(25-12)14-4-6-21(7-5-14)17(22)11-13-2-3-15-16(10-13)24-9-8-23-15/h2-3,10,14H,4-9,11H2,1H3. The molecule has 25 heavy (non-hydrogen) atoms. The van der Waals surface area contributed by atoms with Crippen molar-refractivity contribution in [3.05, 3.63) is 35.5 Å². The van der Waals surface area contributed by atoms with E-state index in [0.29, 0.717) is 31.4 Å². The topological polar surface area (TPSA) is 77.7 Å². The van der Waals surface area contributed by atoms with Crippen molar-refractivity contribution in [3.8, 4) is 11.5 Å². The molecule has 3 heterocycles. The van der Waals surface area contributed by atoms with Crippen LogP contribution < -0.4 is 9.47 Å². The van der Waals surface area contributed by atoms with Gasteiger partial charge in [0.25, 0.3) is 0 Å². The molecule has 4 rings (SSSR count). The highest BCUT2D eigenvalue weighted by Gasteiger charge is 2.27. The summed E-state index contributed by atoms with van der Waals surface area (Å²) in [5.41, 5.74) is 0.948. The van der Waals surface area contributed by atoms with E-state index in [1.54, 1.807) is 6.92 Å². The van der Waals surface area contributed by atoms with Crippen molar-refractivity contribution < 1.29 is 18.7 Å². The van der Waals surface area contributed by atoms with Crippen LogP contribution in [0.3, 0.4) is 0 Å². The molecule has 0 saturated carbocycles. The van der Waals surface area contributed by atoms with Crippen molar-refractivity contribution in [1.29, 1.82) is 0 Å². The van der Waals surface area contributed by atoms with Crippen molar-refractivity contribution in [3.63, 3.8) is 0 Å². The van der Waals surface area contributed by atoms with Gasteiger partial charge in [-0.25, -0.2) is 0 Å². The van der Waals surface area contributed by atoms with Gasteiger partial charge in [0.05, 0.1) is 6.42 Å². The Balaban J connectivity index is 1.34. The molecule has 0 unspecified atom stereocenters. The minimum atomic E-state index is 0.136. The van der Waals surface area contributed by atoms with E-state index in [2.05, 4.69) is 10.2 Å². The lowest BCUT2D eigenvalue weighted by molar-refractivity contribution is -0.131. The van der Waals surface area contributed by atoms with Crippen LogP contribution in [0.2, 0.25) is 0 Å². The van der Waals surface area contributed by atoms with Crippen LogP contribution in [-0.2, 0) is 11.2 Å². The smallest absolute Gasteiger partial charge is 0.226 e. The van der Waals surface area contributed by atoms with Gasteiger partial charge in [-0.1, -0.05) is 6.07 Å². The van der Waals surface area contributed by atoms with Gasteiger partial charge in [-0.05, 0) is 30.5 Å². The molecule has 1 aromatic carbocycles. The maximum Gasteiger partial charge on any atom is 0.226 e. The predicted octanol–water partition coefficient (Wildman–Crippen LogP) is 2.10. The van der Waals surface area contributed by atoms with Gasteiger partial charge in [0, 0.05) is 25.9 Å². The van der Waals surface area contributed by atoms with E-state index in [1.807, 2.05) is 23.1 Å². The molecule has 2 aromatic rings. The van der Waals surface area contributed by atoms with E-state index in [1.165, 1.54) is 0 Å². The molecule has 7 nitrogen and oxygen atoms in total. The van der Waals surface area contributed by atoms with Crippen LogP contribution in [-0.4, -0.2) is 47.3 Å². The Hall–Kier alpha value is -2.57. The number of benzene rings is 1. The van der Waals surface area contributed by atoms with Crippen LogP contribution in [0.15, 0.2) is 22.6 Å². The summed E-state index contributed by atoms with van der Waals surface area (Å²) < 4.78 is 16.6. The second kappa shape index (κ2) is 6.74. The van der Waals surface area contributed by atoms with Crippen molar-refractivity contribution in [2.24, 2.45) is 0 Å². The van der Waals surface area contributed by atoms with E-state index in [9.17, 15) is 4.79 Å². The Morgan fingerprint density at radius 2 is 1.92 bits per heavy atom. The summed E-state index contributed by atoms with van der Waals surface area (Å²) >= 11 is 0. The van der Waals surface area contributed by atoms with Gasteiger partial charge in [-0.15, -0.1) is 10.2 Å². The number of amides is 1. The summed E-state index contributed by atoms with van der Waals surface area (Å²) in [6.45, 7) is 4.35. The second-order valence-electron chi connectivity index (χ2n) is 6.47. The first-order valence-corrected chi connectivity index (χ1v) is 8.65. The third-order valence-corrected chi connectivity index (χ3v) is 4.70. The first-order valence-electron chi connectivity index (χ1n) is 8.65. The monoisotopic (exact) mass is 343 g/mol. The molecule has 0 aliphatic carbocycles. The summed E-state index contributed by atoms with van der Waals surface area (Å²) in [7, 11) is 0. The molecular formula is C18H21N3O4. The van der Waals surface area contributed by atoms with Crippen molar-refractivity contribution in [1.82, 2.24) is 15.1 Å². The fourth-order valence-electron chi connectivity index (χ4n) is 3.34. The van der Waals surface area contributed by atoms with Gasteiger partial charge in [0.2, 0.25) is 17.7 Å². The zero-order valence-electron chi connectivity index (χ0n) is 14.2. The minimum Gasteiger partial charge on any atom is -0.486 e. The Morgan fingerprint density at radius 3 is 2.64 bits per heavy atom. The van der Waals surface area contributed by atoms with Crippen molar-refractivity contribution in [2.75, 3.05) is 26.3 Å². The Bertz CT molecular complexity index is 765. The molecule has 132 valence electrons. The summed E-state index contributed by atoms with van der Waals surface area (Å²) in [6, 6.07) is 5.71. The number of aryl methyl sites for hydroxylation is 1. The van der Waals surface area contributed by atoms with Crippen LogP contribution in [0.25, 0.3) is 0 Å². The number of piperidine rings is 1. The molecule has 0 bridgehead atoms. The molecule has 7 heteroatoms. The van der Waals surface area contributed by atoms with Gasteiger partial charge in [-0.2, -0.15) is 0 Å². The lowest BCUT2D eigenvalue weighted by Gasteiger charge is -2.30. The number of carbonyl (C=O) groups excluding carboxylic acids is 1. The summed E-state index contributed by atoms with van der Waals surface area (Å²) in [6.07, 6.45) is 2.09. The van der Waals surface area contributed by atoms with Crippen LogP contribution in [0, 0.1) is 6.92 Å². The number of aromatic nitrogens is 2. The first-order chi connectivity index (χ1) is 12.2. The SMILES string of the molecule is Cc1nnc(C2CCN(C(=O)Cc3ccc4c(c3)OCCO4)CC2)o1. The average Bonchev–Trinajstić information content (AvgIpc) is 3.08. The highest BCUT2D eigenvalue weighted by atomic mass is 16.6. The predicted molar refractivity (Wildman–Crippen MR) is 88.7 cm³/mol. The molecule has 1 fully saturated rings. The summed E-state index contributed by atoms with van der Waals surface area (Å²) in [5, 5.41) is 7.99. The fourth-order valence-corrected chi connectivity index (χ4v) is 3.34. The third-order valence-electron chi connectivity index (χ3n) is 4.70. The second-order valence-corrected chi connectivity index (χ2v) is 6.47. The van der Waals surface area contributed by atoms with E-state index in [4.69, 9.17) is 13.9 Å². The average molecular weight is 343 g/mol. The van der Waals surface area contributed by atoms with Gasteiger partial charge in [0.1, 0.15) is 13.2 Å². The number of nitrogens with zero attached hydrogens (tertiary/aromatic N) is 3. The Kier molecular flexibility index (Phi) is 4.29. The maximum absolute atomic E-state index is 12.6. The molecule has 2 aliphatic heterocycles. The lowest BCUT2D eigenvalue weighted by atomic mass is 9.96. The number of carbonyl (C=O) groups is 1. The van der Waals surface area contributed by atoms with Crippen LogP contribution in [0.5, 0.6) is 11.5 Å². The van der Waals surface area contributed by atoms with E-state index in [-0.39, 0.29) is 11.8 Å². The largest absolute Gasteiger partial charge is 0.486 e. The molecule has 0 spiro atoms.